The predicted octanol–water partition coefficient (Wildman–Crippen LogP) is 1.17. The first-order valence-electron chi connectivity index (χ1n) is 11.2. The number of fused-ring (bicyclic) bond motifs is 4. The number of thioether (sulfide) groups is 1. The molecule has 1 amide bonds. The number of carbonyl (C=O) groups excluding carboxylic acids is 1. The molecule has 2 aliphatic heterocycles. The molecule has 11 nitrogen and oxygen atoms in total. The molecule has 178 valence electrons. The Bertz CT molecular complexity index is 1130. The van der Waals surface area contributed by atoms with Crippen molar-refractivity contribution in [1.82, 2.24) is 40.2 Å². The summed E-state index contributed by atoms with van der Waals surface area (Å²) < 4.78 is 13.8. The summed E-state index contributed by atoms with van der Waals surface area (Å²) >= 11 is 1.61. The Kier molecular flexibility index (Phi) is 6.97. The first kappa shape index (κ1) is 22.7. The minimum atomic E-state index is -0.283. The van der Waals surface area contributed by atoms with Gasteiger partial charge >= 0.3 is 0 Å². The Morgan fingerprint density at radius 2 is 2.12 bits per heavy atom. The predicted molar refractivity (Wildman–Crippen MR) is 123 cm³/mol. The minimum Gasteiger partial charge on any atom is -0.489 e. The highest BCUT2D eigenvalue weighted by atomic mass is 32.2. The highest BCUT2D eigenvalue weighted by Gasteiger charge is 2.35. The molecule has 1 fully saturated rings. The second-order valence-electron chi connectivity index (χ2n) is 8.10. The van der Waals surface area contributed by atoms with E-state index < -0.39 is 0 Å². The lowest BCUT2D eigenvalue weighted by Gasteiger charge is -2.20. The van der Waals surface area contributed by atoms with Crippen molar-refractivity contribution in [3.63, 3.8) is 0 Å². The van der Waals surface area contributed by atoms with E-state index >= 15 is 0 Å². The van der Waals surface area contributed by atoms with Crippen molar-refractivity contribution in [3.05, 3.63) is 53.9 Å². The molecule has 12 heteroatoms. The smallest absolute Gasteiger partial charge is 0.274 e. The number of hydrogen-bond donors (Lipinski definition) is 1. The van der Waals surface area contributed by atoms with Crippen molar-refractivity contribution < 1.29 is 14.3 Å². The van der Waals surface area contributed by atoms with E-state index in [0.717, 1.165) is 22.2 Å². The lowest BCUT2D eigenvalue weighted by Crippen LogP contribution is -2.44. The maximum atomic E-state index is 13.1. The zero-order chi connectivity index (χ0) is 23.3. The van der Waals surface area contributed by atoms with Crippen LogP contribution >= 0.6 is 11.8 Å². The first-order chi connectivity index (χ1) is 16.7. The molecule has 5 rings (SSSR count). The lowest BCUT2D eigenvalue weighted by molar-refractivity contribution is 0.0292. The molecule has 1 N–H and O–H groups in total. The third kappa shape index (κ3) is 5.34. The van der Waals surface area contributed by atoms with E-state index in [1.165, 1.54) is 0 Å². The molecule has 2 bridgehead atoms. The highest BCUT2D eigenvalue weighted by molar-refractivity contribution is 7.99. The molecule has 3 aromatic heterocycles. The van der Waals surface area contributed by atoms with Gasteiger partial charge in [0.15, 0.2) is 16.6 Å². The van der Waals surface area contributed by atoms with Gasteiger partial charge in [-0.1, -0.05) is 23.9 Å². The molecule has 2 aliphatic rings. The molecule has 0 radical (unpaired) electrons. The summed E-state index contributed by atoms with van der Waals surface area (Å²) in [5.41, 5.74) is 2.01. The zero-order valence-corrected chi connectivity index (χ0v) is 19.6. The van der Waals surface area contributed by atoms with Crippen LogP contribution in [0, 0.1) is 0 Å². The number of carbonyl (C=O) groups is 1. The fourth-order valence-corrected chi connectivity index (χ4v) is 4.56. The summed E-state index contributed by atoms with van der Waals surface area (Å²) in [6, 6.07) is 3.27. The van der Waals surface area contributed by atoms with E-state index in [9.17, 15) is 4.79 Å². The van der Waals surface area contributed by atoms with Crippen LogP contribution in [0.1, 0.15) is 28.7 Å². The first-order valence-corrected chi connectivity index (χ1v) is 12.2. The van der Waals surface area contributed by atoms with Crippen LogP contribution in [0.15, 0.2) is 42.1 Å². The largest absolute Gasteiger partial charge is 0.489 e. The van der Waals surface area contributed by atoms with Gasteiger partial charge in [-0.05, 0) is 17.9 Å². The average molecular weight is 483 g/mol. The summed E-state index contributed by atoms with van der Waals surface area (Å²) in [7, 11) is 0. The van der Waals surface area contributed by atoms with Crippen LogP contribution in [0.5, 0.6) is 5.75 Å². The second kappa shape index (κ2) is 10.5. The van der Waals surface area contributed by atoms with Gasteiger partial charge in [-0.25, -0.2) is 19.6 Å². The fraction of sp³-hybridized carbons (Fsp3) is 0.455. The monoisotopic (exact) mass is 482 g/mol. The minimum absolute atomic E-state index is 0.221. The number of nitrogens with one attached hydrogen (secondary N) is 1. The van der Waals surface area contributed by atoms with Crippen LogP contribution in [0.2, 0.25) is 0 Å². The maximum absolute atomic E-state index is 13.1. The van der Waals surface area contributed by atoms with E-state index in [1.54, 1.807) is 34.8 Å². The second-order valence-corrected chi connectivity index (χ2v) is 9.33. The van der Waals surface area contributed by atoms with E-state index in [1.807, 2.05) is 18.6 Å². The number of rotatable bonds is 4. The Balaban J connectivity index is 1.34. The van der Waals surface area contributed by atoms with Crippen molar-refractivity contribution in [2.75, 3.05) is 25.4 Å². The van der Waals surface area contributed by atoms with Gasteiger partial charge < -0.3 is 14.8 Å². The topological polar surface area (TPSA) is 120 Å². The van der Waals surface area contributed by atoms with Crippen molar-refractivity contribution in [1.29, 1.82) is 0 Å². The molecule has 1 saturated heterocycles. The number of amides is 1. The van der Waals surface area contributed by atoms with Gasteiger partial charge in [-0.15, -0.1) is 5.10 Å². The maximum Gasteiger partial charge on any atom is 0.274 e. The Morgan fingerprint density at radius 1 is 1.24 bits per heavy atom. The molecule has 0 aromatic carbocycles. The van der Waals surface area contributed by atoms with E-state index in [-0.39, 0.29) is 23.7 Å². The molecule has 0 aliphatic carbocycles. The van der Waals surface area contributed by atoms with Gasteiger partial charge in [0.1, 0.15) is 12.3 Å². The van der Waals surface area contributed by atoms with Crippen LogP contribution in [-0.2, 0) is 24.4 Å². The number of pyridine rings is 1. The van der Waals surface area contributed by atoms with Crippen molar-refractivity contribution in [2.45, 2.75) is 43.9 Å². The number of aromatic nitrogens is 6. The van der Waals surface area contributed by atoms with Gasteiger partial charge in [-0.2, -0.15) is 0 Å². The SMILES string of the molecule is CCSc1ncc(CN2C[C@@H]3NC(=O)c4ncccc4OCCn4cc(nn4)CO[C@H]3C2)cn1. The van der Waals surface area contributed by atoms with Gasteiger partial charge in [0.05, 0.1) is 31.5 Å². The van der Waals surface area contributed by atoms with E-state index in [4.69, 9.17) is 9.47 Å². The number of hydrogen-bond acceptors (Lipinski definition) is 10. The van der Waals surface area contributed by atoms with Crippen LogP contribution < -0.4 is 10.1 Å². The van der Waals surface area contributed by atoms with Crippen LogP contribution in [-0.4, -0.2) is 78.3 Å². The quantitative estimate of drug-likeness (QED) is 0.428. The summed E-state index contributed by atoms with van der Waals surface area (Å²) in [4.78, 5) is 28.5. The molecule has 5 heterocycles. The molecule has 0 saturated carbocycles. The average Bonchev–Trinajstić information content (AvgIpc) is 3.45. The fourth-order valence-electron chi connectivity index (χ4n) is 4.04. The van der Waals surface area contributed by atoms with Gasteiger partial charge in [0, 0.05) is 43.8 Å². The van der Waals surface area contributed by atoms with Gasteiger partial charge in [0.2, 0.25) is 0 Å². The number of nitrogens with zero attached hydrogens (tertiary/aromatic N) is 7. The third-order valence-corrected chi connectivity index (χ3v) is 6.37. The lowest BCUT2D eigenvalue weighted by atomic mass is 10.2. The molecular weight excluding hydrogens is 456 g/mol. The zero-order valence-electron chi connectivity index (χ0n) is 18.8. The van der Waals surface area contributed by atoms with E-state index in [0.29, 0.717) is 45.1 Å². The summed E-state index contributed by atoms with van der Waals surface area (Å²) in [6.07, 6.45) is 6.94. The standard InChI is InChI=1S/C22H26N8O3S/c1-2-34-22-24-8-15(9-25-22)10-29-12-17-19(13-29)33-14-16-11-30(28-27-16)6-7-32-18-4-3-5-23-20(18)21(31)26-17/h3-5,8-9,11,17,19H,2,6-7,10,12-14H2,1H3,(H,26,31)/t17-,19-/m0/s1. The summed E-state index contributed by atoms with van der Waals surface area (Å²) in [5.74, 6) is 1.09. The number of ether oxygens (including phenoxy) is 2. The molecule has 2 atom stereocenters. The Labute approximate surface area is 201 Å². The summed E-state index contributed by atoms with van der Waals surface area (Å²) in [5, 5.41) is 12.2. The van der Waals surface area contributed by atoms with E-state index in [2.05, 4.69) is 42.4 Å². The normalized spacial score (nSPS) is 21.1. The van der Waals surface area contributed by atoms with Gasteiger partial charge in [0.25, 0.3) is 5.91 Å². The Hall–Kier alpha value is -3.09. The molecule has 34 heavy (non-hydrogen) atoms. The van der Waals surface area contributed by atoms with Crippen molar-refractivity contribution >= 4 is 17.7 Å². The molecule has 3 aromatic rings. The molecule has 0 unspecified atom stereocenters. The molecular formula is C22H26N8O3S. The number of likely N-dealkylation sites (tertiary alicyclic amines) is 1. The highest BCUT2D eigenvalue weighted by Crippen LogP contribution is 2.21. The van der Waals surface area contributed by atoms with Crippen molar-refractivity contribution in [2.24, 2.45) is 0 Å². The van der Waals surface area contributed by atoms with Crippen LogP contribution in [0.4, 0.5) is 0 Å². The van der Waals surface area contributed by atoms with Crippen LogP contribution in [0.3, 0.4) is 0 Å². The summed E-state index contributed by atoms with van der Waals surface area (Å²) in [6.45, 7) is 5.16. The van der Waals surface area contributed by atoms with Gasteiger partial charge in [-0.3, -0.25) is 9.69 Å². The van der Waals surface area contributed by atoms with Crippen molar-refractivity contribution in [3.8, 4) is 5.75 Å². The van der Waals surface area contributed by atoms with Crippen LogP contribution in [0.25, 0.3) is 0 Å². The third-order valence-electron chi connectivity index (χ3n) is 5.61. The Morgan fingerprint density at radius 3 is 2.97 bits per heavy atom. The molecule has 0 spiro atoms.